The van der Waals surface area contributed by atoms with E-state index in [9.17, 15) is 4.79 Å². The molecule has 0 bridgehead atoms. The molecule has 0 saturated heterocycles. The number of nitrogens with zero attached hydrogens (tertiary/aromatic N) is 2. The standard InChI is InChI=1S/C19H20ClN3O3/c1-4-26-18-13(20)9-12(10-16(18)25-3)19(24)21-11-17-22-14-7-5-6-8-15(14)23(17)2/h5-10H,4,11H2,1-3H3,(H,21,24). The highest BCUT2D eigenvalue weighted by molar-refractivity contribution is 6.32. The van der Waals surface area contributed by atoms with E-state index < -0.39 is 0 Å². The molecule has 1 aromatic heterocycles. The Balaban J connectivity index is 1.79. The fourth-order valence-electron chi connectivity index (χ4n) is 2.75. The molecule has 2 aromatic carbocycles. The number of aryl methyl sites for hydroxylation is 1. The normalized spacial score (nSPS) is 10.8. The highest BCUT2D eigenvalue weighted by Gasteiger charge is 2.16. The van der Waals surface area contributed by atoms with Gasteiger partial charge in [0.2, 0.25) is 0 Å². The van der Waals surface area contributed by atoms with Gasteiger partial charge in [0.25, 0.3) is 5.91 Å². The fraction of sp³-hybridized carbons (Fsp3) is 0.263. The number of hydrogen-bond acceptors (Lipinski definition) is 4. The number of fused-ring (bicyclic) bond motifs is 1. The van der Waals surface area contributed by atoms with E-state index in [1.807, 2.05) is 42.8 Å². The average molecular weight is 374 g/mol. The topological polar surface area (TPSA) is 65.4 Å². The third-order valence-electron chi connectivity index (χ3n) is 4.07. The van der Waals surface area contributed by atoms with E-state index >= 15 is 0 Å². The SMILES string of the molecule is CCOc1c(Cl)cc(C(=O)NCc2nc3ccccc3n2C)cc1OC. The first-order valence-electron chi connectivity index (χ1n) is 8.24. The molecule has 0 aliphatic carbocycles. The van der Waals surface area contributed by atoms with Gasteiger partial charge >= 0.3 is 0 Å². The lowest BCUT2D eigenvalue weighted by Crippen LogP contribution is -2.24. The van der Waals surface area contributed by atoms with E-state index in [-0.39, 0.29) is 5.91 Å². The predicted molar refractivity (Wildman–Crippen MR) is 101 cm³/mol. The van der Waals surface area contributed by atoms with E-state index in [0.717, 1.165) is 16.9 Å². The molecule has 0 radical (unpaired) electrons. The summed E-state index contributed by atoms with van der Waals surface area (Å²) in [7, 11) is 3.43. The van der Waals surface area contributed by atoms with E-state index in [2.05, 4.69) is 10.3 Å². The lowest BCUT2D eigenvalue weighted by molar-refractivity contribution is 0.0949. The molecule has 136 valence electrons. The summed E-state index contributed by atoms with van der Waals surface area (Å²) in [6.45, 7) is 2.61. The number of ether oxygens (including phenoxy) is 2. The Labute approximate surface area is 156 Å². The summed E-state index contributed by atoms with van der Waals surface area (Å²) in [6, 6.07) is 11.0. The number of methoxy groups -OCH3 is 1. The van der Waals surface area contributed by atoms with Crippen molar-refractivity contribution in [2.24, 2.45) is 7.05 Å². The molecule has 26 heavy (non-hydrogen) atoms. The molecule has 3 aromatic rings. The van der Waals surface area contributed by atoms with Gasteiger partial charge in [-0.05, 0) is 31.2 Å². The van der Waals surface area contributed by atoms with Gasteiger partial charge in [0, 0.05) is 12.6 Å². The monoisotopic (exact) mass is 373 g/mol. The predicted octanol–water partition coefficient (Wildman–Crippen LogP) is 3.56. The van der Waals surface area contributed by atoms with Crippen LogP contribution in [0.2, 0.25) is 5.02 Å². The molecule has 0 atom stereocenters. The molecule has 0 unspecified atom stereocenters. The minimum Gasteiger partial charge on any atom is -0.493 e. The van der Waals surface area contributed by atoms with Gasteiger partial charge in [0.05, 0.1) is 36.3 Å². The van der Waals surface area contributed by atoms with Gasteiger partial charge in [-0.2, -0.15) is 0 Å². The summed E-state index contributed by atoms with van der Waals surface area (Å²) >= 11 is 6.23. The molecule has 1 N–H and O–H groups in total. The molecular formula is C19H20ClN3O3. The van der Waals surface area contributed by atoms with Crippen LogP contribution in [0.5, 0.6) is 11.5 Å². The minimum atomic E-state index is -0.264. The van der Waals surface area contributed by atoms with E-state index in [0.29, 0.717) is 35.2 Å². The summed E-state index contributed by atoms with van der Waals surface area (Å²) in [4.78, 5) is 17.1. The smallest absolute Gasteiger partial charge is 0.251 e. The first-order chi connectivity index (χ1) is 12.5. The minimum absolute atomic E-state index is 0.264. The Morgan fingerprint density at radius 3 is 2.77 bits per heavy atom. The number of carbonyl (C=O) groups is 1. The zero-order chi connectivity index (χ0) is 18.7. The molecule has 0 fully saturated rings. The van der Waals surface area contributed by atoms with Gasteiger partial charge < -0.3 is 19.4 Å². The second-order valence-electron chi connectivity index (χ2n) is 5.68. The van der Waals surface area contributed by atoms with Crippen molar-refractivity contribution in [3.63, 3.8) is 0 Å². The van der Waals surface area contributed by atoms with Gasteiger partial charge in [-0.1, -0.05) is 23.7 Å². The van der Waals surface area contributed by atoms with Crippen LogP contribution < -0.4 is 14.8 Å². The number of benzene rings is 2. The van der Waals surface area contributed by atoms with E-state index in [1.54, 1.807) is 12.1 Å². The summed E-state index contributed by atoms with van der Waals surface area (Å²) in [5, 5.41) is 3.20. The number of imidazole rings is 1. The summed E-state index contributed by atoms with van der Waals surface area (Å²) < 4.78 is 12.7. The van der Waals surface area contributed by atoms with Crippen LogP contribution in [0.1, 0.15) is 23.1 Å². The second kappa shape index (κ2) is 7.66. The van der Waals surface area contributed by atoms with Crippen LogP contribution in [0.15, 0.2) is 36.4 Å². The first kappa shape index (κ1) is 18.1. The Bertz CT molecular complexity index is 953. The molecule has 1 amide bonds. The quantitative estimate of drug-likeness (QED) is 0.717. The molecule has 0 spiro atoms. The summed E-state index contributed by atoms with van der Waals surface area (Å²) in [5.41, 5.74) is 2.31. The lowest BCUT2D eigenvalue weighted by Gasteiger charge is -2.13. The van der Waals surface area contributed by atoms with Crippen LogP contribution in [-0.2, 0) is 13.6 Å². The van der Waals surface area contributed by atoms with Gasteiger partial charge in [-0.15, -0.1) is 0 Å². The van der Waals surface area contributed by atoms with Crippen LogP contribution in [0.25, 0.3) is 11.0 Å². The van der Waals surface area contributed by atoms with Crippen molar-refractivity contribution in [2.75, 3.05) is 13.7 Å². The van der Waals surface area contributed by atoms with Gasteiger partial charge in [-0.3, -0.25) is 4.79 Å². The molecule has 0 saturated carbocycles. The first-order valence-corrected chi connectivity index (χ1v) is 8.61. The maximum absolute atomic E-state index is 12.5. The van der Waals surface area contributed by atoms with Gasteiger partial charge in [0.1, 0.15) is 5.82 Å². The maximum atomic E-state index is 12.5. The van der Waals surface area contributed by atoms with Crippen molar-refractivity contribution in [3.05, 3.63) is 52.8 Å². The van der Waals surface area contributed by atoms with Crippen molar-refractivity contribution >= 4 is 28.5 Å². The van der Waals surface area contributed by atoms with Crippen LogP contribution in [0.4, 0.5) is 0 Å². The average Bonchev–Trinajstić information content (AvgIpc) is 2.97. The number of hydrogen-bond donors (Lipinski definition) is 1. The van der Waals surface area contributed by atoms with Crippen LogP contribution in [0, 0.1) is 0 Å². The zero-order valence-electron chi connectivity index (χ0n) is 14.9. The number of aromatic nitrogens is 2. The second-order valence-corrected chi connectivity index (χ2v) is 6.09. The van der Waals surface area contributed by atoms with E-state index in [1.165, 1.54) is 7.11 Å². The van der Waals surface area contributed by atoms with Crippen molar-refractivity contribution in [1.29, 1.82) is 0 Å². The molecule has 7 heteroatoms. The van der Waals surface area contributed by atoms with Gasteiger partial charge in [0.15, 0.2) is 11.5 Å². The highest BCUT2D eigenvalue weighted by Crippen LogP contribution is 2.36. The third-order valence-corrected chi connectivity index (χ3v) is 4.35. The molecule has 6 nitrogen and oxygen atoms in total. The van der Waals surface area contributed by atoms with Crippen molar-refractivity contribution < 1.29 is 14.3 Å². The summed E-state index contributed by atoms with van der Waals surface area (Å²) in [5.74, 6) is 1.36. The number of nitrogens with one attached hydrogen (secondary N) is 1. The fourth-order valence-corrected chi connectivity index (χ4v) is 3.02. The highest BCUT2D eigenvalue weighted by atomic mass is 35.5. The summed E-state index contributed by atoms with van der Waals surface area (Å²) in [6.07, 6.45) is 0. The number of carbonyl (C=O) groups excluding carboxylic acids is 1. The van der Waals surface area contributed by atoms with Crippen LogP contribution in [-0.4, -0.2) is 29.2 Å². The molecular weight excluding hydrogens is 354 g/mol. The Morgan fingerprint density at radius 1 is 1.31 bits per heavy atom. The third kappa shape index (κ3) is 3.46. The zero-order valence-corrected chi connectivity index (χ0v) is 15.6. The molecule has 0 aliphatic heterocycles. The van der Waals surface area contributed by atoms with Crippen molar-refractivity contribution in [2.45, 2.75) is 13.5 Å². The van der Waals surface area contributed by atoms with Gasteiger partial charge in [-0.25, -0.2) is 4.98 Å². The number of para-hydroxylation sites is 2. The van der Waals surface area contributed by atoms with Crippen molar-refractivity contribution in [3.8, 4) is 11.5 Å². The van der Waals surface area contributed by atoms with Crippen molar-refractivity contribution in [1.82, 2.24) is 14.9 Å². The van der Waals surface area contributed by atoms with E-state index in [4.69, 9.17) is 21.1 Å². The maximum Gasteiger partial charge on any atom is 0.251 e. The Morgan fingerprint density at radius 2 is 2.08 bits per heavy atom. The number of amides is 1. The van der Waals surface area contributed by atoms with Crippen LogP contribution >= 0.6 is 11.6 Å². The van der Waals surface area contributed by atoms with Crippen LogP contribution in [0.3, 0.4) is 0 Å². The Kier molecular flexibility index (Phi) is 5.32. The molecule has 3 rings (SSSR count). The number of halogens is 1. The number of rotatable bonds is 6. The lowest BCUT2D eigenvalue weighted by atomic mass is 10.2. The Hall–Kier alpha value is -2.73. The molecule has 1 heterocycles. The molecule has 0 aliphatic rings. The largest absolute Gasteiger partial charge is 0.493 e.